The summed E-state index contributed by atoms with van der Waals surface area (Å²) in [6.07, 6.45) is 0. The molecule has 4 heterocycles. The highest BCUT2D eigenvalue weighted by atomic mass is 35.5. The van der Waals surface area contributed by atoms with Gasteiger partial charge in [-0.05, 0) is 157 Å². The smallest absolute Gasteiger partial charge is 0.0822 e. The van der Waals surface area contributed by atoms with Gasteiger partial charge in [0.05, 0.1) is 44.1 Å². The van der Waals surface area contributed by atoms with Crippen molar-refractivity contribution in [1.29, 1.82) is 0 Å². The molecule has 0 fully saturated rings. The summed E-state index contributed by atoms with van der Waals surface area (Å²) in [5.41, 5.74) is 14.6. The first-order valence-corrected chi connectivity index (χ1v) is 32.4. The maximum absolute atomic E-state index is 7.00. The van der Waals surface area contributed by atoms with E-state index in [9.17, 15) is 0 Å². The molecule has 92 heavy (non-hydrogen) atoms. The highest BCUT2D eigenvalue weighted by Crippen LogP contribution is 2.56. The zero-order valence-electron chi connectivity index (χ0n) is 48.5. The van der Waals surface area contributed by atoms with E-state index in [1.54, 1.807) is 0 Å². The molecule has 0 unspecified atom stereocenters. The molecule has 8 bridgehead atoms. The summed E-state index contributed by atoms with van der Waals surface area (Å²) in [5.74, 6) is 0. The lowest BCUT2D eigenvalue weighted by atomic mass is 10.00. The van der Waals surface area contributed by atoms with Gasteiger partial charge in [0.15, 0.2) is 0 Å². The van der Waals surface area contributed by atoms with Crippen molar-refractivity contribution in [2.75, 3.05) is 0 Å². The van der Waals surface area contributed by atoms with Crippen molar-refractivity contribution in [3.8, 4) is 44.5 Å². The second-order valence-electron chi connectivity index (χ2n) is 24.7. The molecular weight excluding hydrogens is 1210 g/mol. The number of hydrogen-bond acceptors (Lipinski definition) is 2. The molecule has 0 spiro atoms. The van der Waals surface area contributed by atoms with Crippen LogP contribution in [0.1, 0.15) is 0 Å². The maximum atomic E-state index is 7.00. The molecule has 0 amide bonds. The van der Waals surface area contributed by atoms with Crippen molar-refractivity contribution < 1.29 is 0 Å². The second-order valence-corrected chi connectivity index (χ2v) is 26.5. The van der Waals surface area contributed by atoms with Crippen molar-refractivity contribution in [2.24, 2.45) is 0 Å². The predicted molar refractivity (Wildman–Crippen MR) is 395 cm³/mol. The van der Waals surface area contributed by atoms with E-state index in [0.29, 0.717) is 20.1 Å². The molecule has 21 rings (SSSR count). The Morgan fingerprint density at radius 3 is 0.576 bits per heavy atom. The minimum Gasteiger partial charge on any atom is -0.353 e. The van der Waals surface area contributed by atoms with Crippen molar-refractivity contribution in [3.05, 3.63) is 263 Å². The fourth-order valence-corrected chi connectivity index (χ4v) is 17.1. The number of H-pyrrole nitrogens is 2. The van der Waals surface area contributed by atoms with E-state index in [0.717, 1.165) is 196 Å². The average molecular weight is 1250 g/mol. The normalized spacial score (nSPS) is 12.6. The first-order chi connectivity index (χ1) is 45.3. The van der Waals surface area contributed by atoms with Crippen LogP contribution in [-0.2, 0) is 0 Å². The minimum atomic E-state index is 0.637. The Bertz CT molecular complexity index is 5750. The van der Waals surface area contributed by atoms with Gasteiger partial charge >= 0.3 is 0 Å². The van der Waals surface area contributed by atoms with E-state index in [1.807, 2.05) is 48.5 Å². The summed E-state index contributed by atoms with van der Waals surface area (Å²) < 4.78 is 0. The number of hydrogen-bond donors (Lipinski definition) is 2. The van der Waals surface area contributed by atoms with Crippen molar-refractivity contribution in [2.45, 2.75) is 0 Å². The molecular formula is C84H42Cl4N4. The summed E-state index contributed by atoms with van der Waals surface area (Å²) in [6, 6.07) is 87.1. The minimum absolute atomic E-state index is 0.637. The van der Waals surface area contributed by atoms with Gasteiger partial charge in [-0.2, -0.15) is 0 Å². The highest BCUT2D eigenvalue weighted by Gasteiger charge is 2.31. The van der Waals surface area contributed by atoms with E-state index in [1.165, 1.54) is 21.5 Å². The summed E-state index contributed by atoms with van der Waals surface area (Å²) >= 11 is 28.0. The Morgan fingerprint density at radius 2 is 0.380 bits per heavy atom. The molecule has 4 nitrogen and oxygen atoms in total. The third kappa shape index (κ3) is 6.73. The Kier molecular flexibility index (Phi) is 10.3. The van der Waals surface area contributed by atoms with Crippen LogP contribution in [0, 0.1) is 0 Å². The predicted octanol–water partition coefficient (Wildman–Crippen LogP) is 25.7. The fraction of sp³-hybridized carbons (Fsp3) is 0. The number of halogens is 4. The Hall–Kier alpha value is -10.6. The monoisotopic (exact) mass is 1250 g/mol. The molecule has 0 aliphatic rings. The molecule has 17 aromatic carbocycles. The van der Waals surface area contributed by atoms with E-state index >= 15 is 0 Å². The van der Waals surface area contributed by atoms with Gasteiger partial charge in [0, 0.05) is 85.4 Å². The van der Waals surface area contributed by atoms with Crippen LogP contribution in [0.15, 0.2) is 243 Å². The van der Waals surface area contributed by atoms with E-state index in [2.05, 4.69) is 204 Å². The van der Waals surface area contributed by atoms with Gasteiger partial charge in [0.1, 0.15) is 0 Å². The lowest BCUT2D eigenvalue weighted by Gasteiger charge is -2.08. The molecule has 2 N–H and O–H groups in total. The number of aromatic nitrogens is 4. The third-order valence-corrected chi connectivity index (χ3v) is 21.2. The molecule has 21 aromatic rings. The molecule has 0 aliphatic heterocycles. The highest BCUT2D eigenvalue weighted by molar-refractivity contribution is 6.47. The van der Waals surface area contributed by atoms with Crippen LogP contribution in [0.5, 0.6) is 0 Å². The second kappa shape index (κ2) is 18.5. The first-order valence-electron chi connectivity index (χ1n) is 30.9. The van der Waals surface area contributed by atoms with Gasteiger partial charge < -0.3 is 9.97 Å². The molecule has 8 heteroatoms. The van der Waals surface area contributed by atoms with Crippen LogP contribution in [0.3, 0.4) is 0 Å². The van der Waals surface area contributed by atoms with Crippen LogP contribution >= 0.6 is 46.4 Å². The number of benzene rings is 12. The number of nitrogens with zero attached hydrogens (tertiary/aromatic N) is 2. The molecule has 0 atom stereocenters. The Labute approximate surface area is 543 Å². The molecule has 0 radical (unpaired) electrons. The van der Waals surface area contributed by atoms with Crippen LogP contribution < -0.4 is 0 Å². The largest absolute Gasteiger partial charge is 0.353 e. The van der Waals surface area contributed by atoms with E-state index in [4.69, 9.17) is 56.4 Å². The quantitative estimate of drug-likeness (QED) is 0.184. The van der Waals surface area contributed by atoms with Crippen molar-refractivity contribution in [3.63, 3.8) is 0 Å². The van der Waals surface area contributed by atoms with Crippen LogP contribution in [0.2, 0.25) is 20.1 Å². The summed E-state index contributed by atoms with van der Waals surface area (Å²) in [6.45, 7) is 0. The summed E-state index contributed by atoms with van der Waals surface area (Å²) in [7, 11) is 0. The molecule has 0 saturated heterocycles. The van der Waals surface area contributed by atoms with Crippen LogP contribution in [0.4, 0.5) is 0 Å². The summed E-state index contributed by atoms with van der Waals surface area (Å²) in [4.78, 5) is 21.5. The lowest BCUT2D eigenvalue weighted by molar-refractivity contribution is 1.49. The Morgan fingerprint density at radius 1 is 0.196 bits per heavy atom. The standard InChI is InChI=1S/C84H42Cl4N4/c85-49-33-25-45(26-34-49)65-77-69-53-17-1-9-41-10-2-18-54(61(41)53)70(69)78(89-77)66(46-27-35-50(86)36-28-46)80-73-57-21-5-13-43-14-6-22-58(63(43)57)74(73)82(91-80)68(48-31-39-52(88)40-32-48)84-76-60-24-8-16-44-15-7-23-59(64(44)60)75(76)83(92-84)67(47-29-37-51(87)38-30-47)81-72-56-20-4-12-42-11-3-19-55(62(42)56)71(72)79(65)90-81/h1-40,89,92H. The van der Waals surface area contributed by atoms with Gasteiger partial charge in [0.25, 0.3) is 0 Å². The molecule has 0 aliphatic carbocycles. The Balaban J connectivity index is 1.18. The number of nitrogens with one attached hydrogen (secondary N) is 2. The van der Waals surface area contributed by atoms with Gasteiger partial charge in [-0.25, -0.2) is 9.97 Å². The topological polar surface area (TPSA) is 57.4 Å². The fourth-order valence-electron chi connectivity index (χ4n) is 16.6. The molecule has 0 saturated carbocycles. The van der Waals surface area contributed by atoms with E-state index in [-0.39, 0.29) is 0 Å². The van der Waals surface area contributed by atoms with Crippen LogP contribution in [0.25, 0.3) is 218 Å². The van der Waals surface area contributed by atoms with Crippen molar-refractivity contribution >= 4 is 220 Å². The van der Waals surface area contributed by atoms with E-state index < -0.39 is 0 Å². The summed E-state index contributed by atoms with van der Waals surface area (Å²) in [5, 5.41) is 29.5. The number of rotatable bonds is 4. The SMILES string of the molecule is Clc1ccc(-c2c3nc(c(-c4ccc(Cl)cc4)c4[nH]c(c(-c5ccc(Cl)cc5)c5nc(c(-c6ccc(Cl)cc6)c6[nH]c2c2c7cccc8cccc(c87)c62)c2c6cccc7cccc(c76)c52)c2c5cccc6cccc(c65)c42)c2c4cccc5cccc(c54)c32)cc1. The third-order valence-electron chi connectivity index (χ3n) is 20.1. The average Bonchev–Trinajstić information content (AvgIpc) is 1.53. The van der Waals surface area contributed by atoms with Gasteiger partial charge in [-0.15, -0.1) is 0 Å². The zero-order chi connectivity index (χ0) is 60.5. The van der Waals surface area contributed by atoms with Gasteiger partial charge in [0.2, 0.25) is 0 Å². The van der Waals surface area contributed by atoms with Crippen LogP contribution in [-0.4, -0.2) is 19.9 Å². The van der Waals surface area contributed by atoms with Gasteiger partial charge in [-0.3, -0.25) is 0 Å². The number of aromatic amines is 2. The maximum Gasteiger partial charge on any atom is 0.0822 e. The van der Waals surface area contributed by atoms with Gasteiger partial charge in [-0.1, -0.05) is 241 Å². The van der Waals surface area contributed by atoms with Crippen molar-refractivity contribution in [1.82, 2.24) is 19.9 Å². The molecule has 4 aromatic heterocycles. The zero-order valence-corrected chi connectivity index (χ0v) is 51.5. The lowest BCUT2D eigenvalue weighted by Crippen LogP contribution is -1.87. The first kappa shape index (κ1) is 51.2. The molecule has 426 valence electrons.